The van der Waals surface area contributed by atoms with Crippen LogP contribution in [0.15, 0.2) is 29.2 Å². The molecule has 0 unspecified atom stereocenters. The minimum atomic E-state index is 0.521. The zero-order chi connectivity index (χ0) is 8.27. The predicted octanol–water partition coefficient (Wildman–Crippen LogP) is 1.54. The summed E-state index contributed by atoms with van der Waals surface area (Å²) in [5.74, 6) is 0. The van der Waals surface area contributed by atoms with E-state index < -0.39 is 0 Å². The van der Waals surface area contributed by atoms with Gasteiger partial charge in [-0.15, -0.1) is 0 Å². The van der Waals surface area contributed by atoms with Crippen molar-refractivity contribution in [1.82, 2.24) is 0 Å². The van der Waals surface area contributed by atoms with Crippen LogP contribution in [-0.2, 0) is 15.9 Å². The molecule has 0 saturated carbocycles. The monoisotopic (exact) mass is 168 g/mol. The smallest absolute Gasteiger partial charge is 0.378 e. The first-order chi connectivity index (χ1) is 5.24. The summed E-state index contributed by atoms with van der Waals surface area (Å²) < 4.78 is 10.3. The lowest BCUT2D eigenvalue weighted by Crippen LogP contribution is -2.07. The van der Waals surface area contributed by atoms with Crippen LogP contribution in [0.25, 0.3) is 0 Å². The van der Waals surface area contributed by atoms with Gasteiger partial charge in [0.2, 0.25) is 0 Å². The number of rotatable bonds is 2. The van der Waals surface area contributed by atoms with E-state index in [4.69, 9.17) is 0 Å². The van der Waals surface area contributed by atoms with Crippen molar-refractivity contribution >= 4 is 17.4 Å². The van der Waals surface area contributed by atoms with Gasteiger partial charge < -0.3 is 4.90 Å². The highest BCUT2D eigenvalue weighted by Gasteiger charge is 2.04. The van der Waals surface area contributed by atoms with Gasteiger partial charge in [0.05, 0.1) is 0 Å². The molecule has 1 aromatic carbocycles. The van der Waals surface area contributed by atoms with Gasteiger partial charge in [-0.2, -0.15) is 0 Å². The lowest BCUT2D eigenvalue weighted by atomic mass is 10.3. The summed E-state index contributed by atoms with van der Waals surface area (Å²) in [5.41, 5.74) is 1.11. The number of anilines is 1. The van der Waals surface area contributed by atoms with Crippen LogP contribution < -0.4 is 4.90 Å². The molecule has 0 amide bonds. The van der Waals surface area contributed by atoms with Gasteiger partial charge in [0.15, 0.2) is 0 Å². The highest BCUT2D eigenvalue weighted by molar-refractivity contribution is 7.65. The molecule has 0 fully saturated rings. The third-order valence-electron chi connectivity index (χ3n) is 1.45. The third-order valence-corrected chi connectivity index (χ3v) is 1.91. The van der Waals surface area contributed by atoms with Crippen molar-refractivity contribution < 1.29 is 4.21 Å². The Morgan fingerprint density at radius 1 is 1.18 bits per heavy atom. The van der Waals surface area contributed by atoms with E-state index >= 15 is 0 Å². The van der Waals surface area contributed by atoms with Crippen molar-refractivity contribution in [2.75, 3.05) is 19.0 Å². The van der Waals surface area contributed by atoms with E-state index in [0.29, 0.717) is 11.7 Å². The van der Waals surface area contributed by atoms with Crippen LogP contribution in [0.1, 0.15) is 0 Å². The molecule has 2 nitrogen and oxygen atoms in total. The molecule has 1 rings (SSSR count). The summed E-state index contributed by atoms with van der Waals surface area (Å²) in [4.78, 5) is 2.76. The van der Waals surface area contributed by atoms with Gasteiger partial charge in [0, 0.05) is 36.1 Å². The summed E-state index contributed by atoms with van der Waals surface area (Å²) in [6.45, 7) is 0. The predicted molar refractivity (Wildman–Crippen MR) is 47.1 cm³/mol. The Balaban J connectivity index is 2.91. The highest BCUT2D eigenvalue weighted by atomic mass is 32.1. The summed E-state index contributed by atoms with van der Waals surface area (Å²) in [5, 5.41) is 0. The standard InChI is InChI=1S/C8H10NOS/c1-9(2)7-3-5-8(11-10)6-4-7/h3-6H,1-2H3/q+1. The summed E-state index contributed by atoms with van der Waals surface area (Å²) in [6.07, 6.45) is 0. The molecule has 58 valence electrons. The summed E-state index contributed by atoms with van der Waals surface area (Å²) in [7, 11) is 3.94. The first kappa shape index (κ1) is 8.14. The van der Waals surface area contributed by atoms with Gasteiger partial charge in [0.25, 0.3) is 4.90 Å². The van der Waals surface area contributed by atoms with E-state index in [1.165, 1.54) is 0 Å². The second kappa shape index (κ2) is 3.44. The summed E-state index contributed by atoms with van der Waals surface area (Å²) >= 11 is 0.521. The van der Waals surface area contributed by atoms with Gasteiger partial charge in [-0.1, -0.05) is 0 Å². The van der Waals surface area contributed by atoms with Crippen molar-refractivity contribution in [2.24, 2.45) is 0 Å². The highest BCUT2D eigenvalue weighted by Crippen LogP contribution is 2.11. The number of nitrogens with zero attached hydrogens (tertiary/aromatic N) is 1. The maximum Gasteiger partial charge on any atom is 0.505 e. The topological polar surface area (TPSA) is 20.3 Å². The molecule has 0 saturated heterocycles. The Morgan fingerprint density at radius 3 is 2.09 bits per heavy atom. The van der Waals surface area contributed by atoms with Crippen LogP contribution in [0.3, 0.4) is 0 Å². The fraction of sp³-hybridized carbons (Fsp3) is 0.250. The maximum absolute atomic E-state index is 10.3. The molecule has 1 aromatic rings. The quantitative estimate of drug-likeness (QED) is 0.624. The normalized spacial score (nSPS) is 9.27. The van der Waals surface area contributed by atoms with Crippen molar-refractivity contribution in [2.45, 2.75) is 4.90 Å². The Bertz CT molecular complexity index is 243. The second-order valence-corrected chi connectivity index (χ2v) is 3.11. The van der Waals surface area contributed by atoms with Gasteiger partial charge >= 0.3 is 11.7 Å². The Hall–Kier alpha value is -0.960. The van der Waals surface area contributed by atoms with Crippen LogP contribution in [0, 0.1) is 0 Å². The van der Waals surface area contributed by atoms with Gasteiger partial charge in [-0.05, 0) is 12.1 Å². The lowest BCUT2D eigenvalue weighted by molar-refractivity contribution is 0.605. The molecule has 0 radical (unpaired) electrons. The van der Waals surface area contributed by atoms with Crippen molar-refractivity contribution in [1.29, 1.82) is 0 Å². The van der Waals surface area contributed by atoms with Crippen LogP contribution in [0.4, 0.5) is 5.69 Å². The molecular weight excluding hydrogens is 158 g/mol. The Labute approximate surface area is 70.3 Å². The van der Waals surface area contributed by atoms with E-state index in [9.17, 15) is 4.21 Å². The molecule has 0 heterocycles. The third kappa shape index (κ3) is 1.98. The van der Waals surface area contributed by atoms with E-state index in [0.717, 1.165) is 10.6 Å². The number of hydrogen-bond donors (Lipinski definition) is 0. The van der Waals surface area contributed by atoms with Crippen LogP contribution >= 0.6 is 0 Å². The largest absolute Gasteiger partial charge is 0.505 e. The molecule has 0 aliphatic rings. The van der Waals surface area contributed by atoms with Crippen LogP contribution in [-0.4, -0.2) is 14.1 Å². The van der Waals surface area contributed by atoms with Crippen LogP contribution in [0.5, 0.6) is 0 Å². The zero-order valence-electron chi connectivity index (χ0n) is 6.57. The summed E-state index contributed by atoms with van der Waals surface area (Å²) in [6, 6.07) is 7.51. The maximum atomic E-state index is 10.3. The molecular formula is C8H10NOS+. The fourth-order valence-corrected chi connectivity index (χ4v) is 1.05. The molecule has 0 N–H and O–H groups in total. The van der Waals surface area contributed by atoms with Crippen molar-refractivity contribution in [3.05, 3.63) is 24.3 Å². The Kier molecular flexibility index (Phi) is 2.54. The zero-order valence-corrected chi connectivity index (χ0v) is 7.39. The molecule has 0 bridgehead atoms. The van der Waals surface area contributed by atoms with Gasteiger partial charge in [-0.3, -0.25) is 0 Å². The van der Waals surface area contributed by atoms with E-state index in [2.05, 4.69) is 0 Å². The molecule has 0 aliphatic heterocycles. The Morgan fingerprint density at radius 2 is 1.73 bits per heavy atom. The average molecular weight is 168 g/mol. The molecule has 0 spiro atoms. The SMILES string of the molecule is CN(C)c1ccc([S+]=O)cc1. The fourth-order valence-electron chi connectivity index (χ4n) is 0.800. The number of benzene rings is 1. The van der Waals surface area contributed by atoms with E-state index in [1.54, 1.807) is 0 Å². The van der Waals surface area contributed by atoms with E-state index in [-0.39, 0.29) is 0 Å². The first-order valence-electron chi connectivity index (χ1n) is 3.31. The molecule has 0 atom stereocenters. The van der Waals surface area contributed by atoms with Crippen molar-refractivity contribution in [3.8, 4) is 0 Å². The minimum Gasteiger partial charge on any atom is -0.378 e. The first-order valence-corrected chi connectivity index (χ1v) is 4.05. The molecule has 0 aromatic heterocycles. The second-order valence-electron chi connectivity index (χ2n) is 2.47. The molecule has 11 heavy (non-hydrogen) atoms. The van der Waals surface area contributed by atoms with E-state index in [1.807, 2.05) is 43.3 Å². The minimum absolute atomic E-state index is 0.521. The molecule has 0 aliphatic carbocycles. The number of hydrogen-bond acceptors (Lipinski definition) is 2. The van der Waals surface area contributed by atoms with Crippen LogP contribution in [0.2, 0.25) is 0 Å². The van der Waals surface area contributed by atoms with Crippen molar-refractivity contribution in [3.63, 3.8) is 0 Å². The van der Waals surface area contributed by atoms with Gasteiger partial charge in [-0.25, -0.2) is 0 Å². The lowest BCUT2D eigenvalue weighted by Gasteiger charge is -2.10. The van der Waals surface area contributed by atoms with Gasteiger partial charge in [0.1, 0.15) is 0 Å². The molecule has 3 heteroatoms. The average Bonchev–Trinajstić information content (AvgIpc) is 2.05.